The standard InChI is InChI=1S/C17H14FNO/c1-11-3-4-14(9-12(11)2)16(10-19)17(20)13-5-7-15(18)8-6-13/h3-9,16H,1-2H3. The molecule has 1 atom stereocenters. The van der Waals surface area contributed by atoms with Crippen molar-refractivity contribution in [3.8, 4) is 6.07 Å². The molecule has 2 nitrogen and oxygen atoms in total. The molecule has 0 spiro atoms. The Hall–Kier alpha value is -2.47. The quantitative estimate of drug-likeness (QED) is 0.790. The summed E-state index contributed by atoms with van der Waals surface area (Å²) in [6.45, 7) is 3.91. The number of carbonyl (C=O) groups excluding carboxylic acids is 1. The Morgan fingerprint density at radius 1 is 1.10 bits per heavy atom. The molecular formula is C17H14FNO. The van der Waals surface area contributed by atoms with Crippen LogP contribution >= 0.6 is 0 Å². The van der Waals surface area contributed by atoms with Gasteiger partial charge in [0.05, 0.1) is 6.07 Å². The molecule has 2 aromatic rings. The third kappa shape index (κ3) is 2.75. The lowest BCUT2D eigenvalue weighted by molar-refractivity contribution is 0.0979. The predicted molar refractivity (Wildman–Crippen MR) is 75.0 cm³/mol. The van der Waals surface area contributed by atoms with Gasteiger partial charge in [0, 0.05) is 5.56 Å². The van der Waals surface area contributed by atoms with Crippen molar-refractivity contribution in [2.45, 2.75) is 19.8 Å². The van der Waals surface area contributed by atoms with Crippen LogP contribution in [-0.2, 0) is 0 Å². The number of nitrogens with zero attached hydrogens (tertiary/aromatic N) is 1. The molecule has 1 unspecified atom stereocenters. The zero-order valence-electron chi connectivity index (χ0n) is 11.4. The number of nitriles is 1. The summed E-state index contributed by atoms with van der Waals surface area (Å²) >= 11 is 0. The van der Waals surface area contributed by atoms with Gasteiger partial charge < -0.3 is 0 Å². The highest BCUT2D eigenvalue weighted by atomic mass is 19.1. The van der Waals surface area contributed by atoms with Gasteiger partial charge in [0.2, 0.25) is 0 Å². The summed E-state index contributed by atoms with van der Waals surface area (Å²) in [5.41, 5.74) is 3.16. The van der Waals surface area contributed by atoms with Crippen LogP contribution in [0, 0.1) is 31.0 Å². The van der Waals surface area contributed by atoms with Crippen molar-refractivity contribution in [3.63, 3.8) is 0 Å². The van der Waals surface area contributed by atoms with Gasteiger partial charge in [-0.1, -0.05) is 18.2 Å². The van der Waals surface area contributed by atoms with Gasteiger partial charge in [-0.15, -0.1) is 0 Å². The first-order valence-electron chi connectivity index (χ1n) is 6.29. The van der Waals surface area contributed by atoms with Crippen LogP contribution in [0.4, 0.5) is 4.39 Å². The molecule has 0 aliphatic carbocycles. The first kappa shape index (κ1) is 14.0. The Labute approximate surface area is 117 Å². The molecule has 0 N–H and O–H groups in total. The zero-order valence-corrected chi connectivity index (χ0v) is 11.4. The van der Waals surface area contributed by atoms with Crippen molar-refractivity contribution in [1.29, 1.82) is 5.26 Å². The van der Waals surface area contributed by atoms with Gasteiger partial charge in [0.15, 0.2) is 5.78 Å². The van der Waals surface area contributed by atoms with E-state index in [0.29, 0.717) is 11.1 Å². The molecule has 0 heterocycles. The van der Waals surface area contributed by atoms with Gasteiger partial charge in [-0.05, 0) is 54.8 Å². The van der Waals surface area contributed by atoms with Crippen LogP contribution in [0.1, 0.15) is 33.0 Å². The molecule has 0 fully saturated rings. The van der Waals surface area contributed by atoms with Gasteiger partial charge in [-0.3, -0.25) is 4.79 Å². The van der Waals surface area contributed by atoms with Crippen molar-refractivity contribution >= 4 is 5.78 Å². The van der Waals surface area contributed by atoms with Crippen molar-refractivity contribution in [2.75, 3.05) is 0 Å². The second kappa shape index (κ2) is 5.66. The molecule has 2 aromatic carbocycles. The number of hydrogen-bond donors (Lipinski definition) is 0. The minimum atomic E-state index is -0.861. The molecule has 3 heteroatoms. The highest BCUT2D eigenvalue weighted by molar-refractivity contribution is 6.02. The third-order valence-electron chi connectivity index (χ3n) is 3.38. The lowest BCUT2D eigenvalue weighted by Crippen LogP contribution is -2.11. The maximum Gasteiger partial charge on any atom is 0.184 e. The summed E-state index contributed by atoms with van der Waals surface area (Å²) in [6.07, 6.45) is 0. The van der Waals surface area contributed by atoms with E-state index >= 15 is 0 Å². The van der Waals surface area contributed by atoms with E-state index in [-0.39, 0.29) is 5.78 Å². The topological polar surface area (TPSA) is 40.9 Å². The maximum absolute atomic E-state index is 12.9. The van der Waals surface area contributed by atoms with E-state index in [4.69, 9.17) is 0 Å². The van der Waals surface area contributed by atoms with Gasteiger partial charge in [-0.2, -0.15) is 5.26 Å². The molecule has 20 heavy (non-hydrogen) atoms. The Balaban J connectivity index is 2.37. The monoisotopic (exact) mass is 267 g/mol. The number of rotatable bonds is 3. The molecule has 0 aromatic heterocycles. The van der Waals surface area contributed by atoms with Crippen LogP contribution in [0.25, 0.3) is 0 Å². The number of carbonyl (C=O) groups is 1. The Morgan fingerprint density at radius 3 is 2.30 bits per heavy atom. The fourth-order valence-corrected chi connectivity index (χ4v) is 2.01. The van der Waals surface area contributed by atoms with E-state index in [1.165, 1.54) is 24.3 Å². The lowest BCUT2D eigenvalue weighted by atomic mass is 9.90. The Morgan fingerprint density at radius 2 is 1.75 bits per heavy atom. The first-order valence-corrected chi connectivity index (χ1v) is 6.29. The van der Waals surface area contributed by atoms with E-state index in [2.05, 4.69) is 0 Å². The van der Waals surface area contributed by atoms with Crippen molar-refractivity contribution < 1.29 is 9.18 Å². The Bertz CT molecular complexity index is 683. The molecule has 0 bridgehead atoms. The van der Waals surface area contributed by atoms with Crippen LogP contribution in [0.15, 0.2) is 42.5 Å². The Kier molecular flexibility index (Phi) is 3.95. The lowest BCUT2D eigenvalue weighted by Gasteiger charge is -2.10. The highest BCUT2D eigenvalue weighted by Crippen LogP contribution is 2.23. The smallest absolute Gasteiger partial charge is 0.184 e. The highest BCUT2D eigenvalue weighted by Gasteiger charge is 2.22. The van der Waals surface area contributed by atoms with E-state index < -0.39 is 11.7 Å². The van der Waals surface area contributed by atoms with E-state index in [1.807, 2.05) is 32.0 Å². The molecule has 0 radical (unpaired) electrons. The second-order valence-electron chi connectivity index (χ2n) is 4.78. The number of Topliss-reactive ketones (excluding diaryl/α,β-unsaturated/α-hetero) is 1. The molecule has 0 amide bonds. The minimum Gasteiger partial charge on any atom is -0.292 e. The van der Waals surface area contributed by atoms with Crippen molar-refractivity contribution in [3.05, 3.63) is 70.5 Å². The van der Waals surface area contributed by atoms with E-state index in [9.17, 15) is 14.4 Å². The van der Waals surface area contributed by atoms with Crippen LogP contribution in [0.3, 0.4) is 0 Å². The van der Waals surface area contributed by atoms with Crippen LogP contribution in [0.5, 0.6) is 0 Å². The fourth-order valence-electron chi connectivity index (χ4n) is 2.01. The summed E-state index contributed by atoms with van der Waals surface area (Å²) in [7, 11) is 0. The molecule has 0 aliphatic rings. The molecular weight excluding hydrogens is 253 g/mol. The fraction of sp³-hybridized carbons (Fsp3) is 0.176. The number of halogens is 1. The molecule has 0 saturated heterocycles. The SMILES string of the molecule is Cc1ccc(C(C#N)C(=O)c2ccc(F)cc2)cc1C. The van der Waals surface area contributed by atoms with Gasteiger partial charge in [0.25, 0.3) is 0 Å². The first-order chi connectivity index (χ1) is 9.52. The average Bonchev–Trinajstić information content (AvgIpc) is 2.44. The number of benzene rings is 2. The summed E-state index contributed by atoms with van der Waals surface area (Å²) in [4.78, 5) is 12.3. The summed E-state index contributed by atoms with van der Waals surface area (Å²) in [5, 5.41) is 9.28. The predicted octanol–water partition coefficient (Wildman–Crippen LogP) is 3.93. The van der Waals surface area contributed by atoms with E-state index in [0.717, 1.165) is 11.1 Å². The molecule has 2 rings (SSSR count). The molecule has 0 saturated carbocycles. The minimum absolute atomic E-state index is 0.309. The average molecular weight is 267 g/mol. The summed E-state index contributed by atoms with van der Waals surface area (Å²) in [6, 6.07) is 12.8. The van der Waals surface area contributed by atoms with Crippen LogP contribution in [0.2, 0.25) is 0 Å². The van der Waals surface area contributed by atoms with Crippen LogP contribution in [-0.4, -0.2) is 5.78 Å². The van der Waals surface area contributed by atoms with Gasteiger partial charge in [-0.25, -0.2) is 4.39 Å². The molecule has 100 valence electrons. The van der Waals surface area contributed by atoms with Gasteiger partial charge in [0.1, 0.15) is 11.7 Å². The van der Waals surface area contributed by atoms with Crippen LogP contribution < -0.4 is 0 Å². The normalized spacial score (nSPS) is 11.7. The molecule has 0 aliphatic heterocycles. The van der Waals surface area contributed by atoms with Crippen molar-refractivity contribution in [2.24, 2.45) is 0 Å². The number of ketones is 1. The summed E-state index contributed by atoms with van der Waals surface area (Å²) < 4.78 is 12.9. The summed E-state index contributed by atoms with van der Waals surface area (Å²) in [5.74, 6) is -1.57. The number of aryl methyl sites for hydroxylation is 2. The number of hydrogen-bond acceptors (Lipinski definition) is 2. The zero-order chi connectivity index (χ0) is 14.7. The van der Waals surface area contributed by atoms with Crippen molar-refractivity contribution in [1.82, 2.24) is 0 Å². The third-order valence-corrected chi connectivity index (χ3v) is 3.38. The van der Waals surface area contributed by atoms with E-state index in [1.54, 1.807) is 6.07 Å². The van der Waals surface area contributed by atoms with Gasteiger partial charge >= 0.3 is 0 Å². The maximum atomic E-state index is 12.9. The second-order valence-corrected chi connectivity index (χ2v) is 4.78. The largest absolute Gasteiger partial charge is 0.292 e.